The minimum atomic E-state index is 0.372. The molecule has 1 aliphatic carbocycles. The quantitative estimate of drug-likeness (QED) is 0.820. The van der Waals surface area contributed by atoms with E-state index in [0.717, 1.165) is 13.2 Å². The zero-order valence-electron chi connectivity index (χ0n) is 11.3. The molecule has 1 atom stereocenters. The third-order valence-electron chi connectivity index (χ3n) is 3.77. The average molecular weight is 241 g/mol. The Labute approximate surface area is 105 Å². The normalized spacial score (nSPS) is 35.1. The van der Waals surface area contributed by atoms with Crippen LogP contribution in [0.25, 0.3) is 0 Å². The van der Waals surface area contributed by atoms with Crippen molar-refractivity contribution >= 4 is 0 Å². The Kier molecular flexibility index (Phi) is 5.26. The summed E-state index contributed by atoms with van der Waals surface area (Å²) in [4.78, 5) is 0. The lowest BCUT2D eigenvalue weighted by atomic mass is 9.92. The van der Waals surface area contributed by atoms with E-state index in [2.05, 4.69) is 19.2 Å². The number of hydrogen-bond donors (Lipinski definition) is 1. The summed E-state index contributed by atoms with van der Waals surface area (Å²) in [7, 11) is 0. The van der Waals surface area contributed by atoms with Crippen LogP contribution in [0.2, 0.25) is 0 Å². The smallest absolute Gasteiger partial charge is 0.0619 e. The van der Waals surface area contributed by atoms with Gasteiger partial charge in [0, 0.05) is 18.7 Å². The Morgan fingerprint density at radius 3 is 2.41 bits per heavy atom. The van der Waals surface area contributed by atoms with Crippen molar-refractivity contribution in [3.8, 4) is 0 Å². The zero-order chi connectivity index (χ0) is 12.1. The molecule has 17 heavy (non-hydrogen) atoms. The van der Waals surface area contributed by atoms with Crippen molar-refractivity contribution in [1.82, 2.24) is 5.32 Å². The second-order valence-corrected chi connectivity index (χ2v) is 5.74. The van der Waals surface area contributed by atoms with Gasteiger partial charge in [-0.3, -0.25) is 0 Å². The van der Waals surface area contributed by atoms with E-state index in [4.69, 9.17) is 9.47 Å². The van der Waals surface area contributed by atoms with E-state index < -0.39 is 0 Å². The average Bonchev–Trinajstić information content (AvgIpc) is 2.32. The molecule has 2 aliphatic rings. The lowest BCUT2D eigenvalue weighted by Crippen LogP contribution is -2.45. The van der Waals surface area contributed by atoms with Gasteiger partial charge in [0.2, 0.25) is 0 Å². The summed E-state index contributed by atoms with van der Waals surface area (Å²) < 4.78 is 11.4. The minimum Gasteiger partial charge on any atom is -0.380 e. The lowest BCUT2D eigenvalue weighted by Gasteiger charge is -2.34. The summed E-state index contributed by atoms with van der Waals surface area (Å²) >= 11 is 0. The summed E-state index contributed by atoms with van der Waals surface area (Å²) in [6.07, 6.45) is 8.30. The Morgan fingerprint density at radius 1 is 1.06 bits per heavy atom. The van der Waals surface area contributed by atoms with Crippen LogP contribution in [0.5, 0.6) is 0 Å². The highest BCUT2D eigenvalue weighted by atomic mass is 16.5. The molecule has 100 valence electrons. The second-order valence-electron chi connectivity index (χ2n) is 5.74. The van der Waals surface area contributed by atoms with Crippen molar-refractivity contribution in [2.24, 2.45) is 0 Å². The van der Waals surface area contributed by atoms with Crippen LogP contribution < -0.4 is 5.32 Å². The standard InChI is InChI=1S/C14H27NO2/c1-11(2)17-14-7-5-12(6-8-14)15-13-4-3-9-16-10-13/h11-15H,3-10H2,1-2H3/t12?,13-,14?/m0/s1. The molecular weight excluding hydrogens is 214 g/mol. The maximum absolute atomic E-state index is 5.88. The molecule has 3 nitrogen and oxygen atoms in total. The minimum absolute atomic E-state index is 0.372. The topological polar surface area (TPSA) is 30.5 Å². The van der Waals surface area contributed by atoms with Crippen LogP contribution in [0.1, 0.15) is 52.4 Å². The van der Waals surface area contributed by atoms with Gasteiger partial charge in [-0.05, 0) is 52.4 Å². The maximum Gasteiger partial charge on any atom is 0.0619 e. The van der Waals surface area contributed by atoms with Gasteiger partial charge < -0.3 is 14.8 Å². The number of ether oxygens (including phenoxy) is 2. The van der Waals surface area contributed by atoms with Crippen LogP contribution >= 0.6 is 0 Å². The summed E-state index contributed by atoms with van der Waals surface area (Å²) in [5, 5.41) is 3.75. The molecule has 3 heteroatoms. The van der Waals surface area contributed by atoms with Gasteiger partial charge in [0.05, 0.1) is 18.8 Å². The molecule has 1 saturated carbocycles. The van der Waals surface area contributed by atoms with E-state index in [0.29, 0.717) is 24.3 Å². The van der Waals surface area contributed by atoms with E-state index in [1.807, 2.05) is 0 Å². The van der Waals surface area contributed by atoms with Gasteiger partial charge in [0.25, 0.3) is 0 Å². The molecule has 0 spiro atoms. The van der Waals surface area contributed by atoms with Crippen LogP contribution in [-0.4, -0.2) is 37.5 Å². The highest BCUT2D eigenvalue weighted by molar-refractivity contribution is 4.82. The molecule has 0 aromatic heterocycles. The molecular formula is C14H27NO2. The van der Waals surface area contributed by atoms with E-state index in [1.165, 1.54) is 38.5 Å². The molecule has 0 unspecified atom stereocenters. The molecule has 0 aromatic rings. The Morgan fingerprint density at radius 2 is 1.82 bits per heavy atom. The van der Waals surface area contributed by atoms with Gasteiger partial charge in [-0.1, -0.05) is 0 Å². The van der Waals surface area contributed by atoms with E-state index in [-0.39, 0.29) is 0 Å². The van der Waals surface area contributed by atoms with Crippen molar-refractivity contribution in [3.63, 3.8) is 0 Å². The van der Waals surface area contributed by atoms with Crippen molar-refractivity contribution in [2.75, 3.05) is 13.2 Å². The van der Waals surface area contributed by atoms with Crippen molar-refractivity contribution in [2.45, 2.75) is 76.7 Å². The molecule has 0 radical (unpaired) electrons. The SMILES string of the molecule is CC(C)OC1CCC(N[C@H]2CCCOC2)CC1. The fourth-order valence-corrected chi connectivity index (χ4v) is 2.96. The first kappa shape index (κ1) is 13.3. The maximum atomic E-state index is 5.88. The van der Waals surface area contributed by atoms with Gasteiger partial charge in [-0.25, -0.2) is 0 Å². The van der Waals surface area contributed by atoms with E-state index in [9.17, 15) is 0 Å². The van der Waals surface area contributed by atoms with Crippen molar-refractivity contribution < 1.29 is 9.47 Å². The Bertz CT molecular complexity index is 206. The second kappa shape index (κ2) is 6.72. The van der Waals surface area contributed by atoms with E-state index >= 15 is 0 Å². The molecule has 2 fully saturated rings. The molecule has 1 saturated heterocycles. The predicted molar refractivity (Wildman–Crippen MR) is 69.2 cm³/mol. The summed E-state index contributed by atoms with van der Waals surface area (Å²) in [5.74, 6) is 0. The van der Waals surface area contributed by atoms with Gasteiger partial charge in [-0.15, -0.1) is 0 Å². The van der Waals surface area contributed by atoms with Crippen LogP contribution in [0, 0.1) is 0 Å². The first-order chi connectivity index (χ1) is 8.24. The van der Waals surface area contributed by atoms with Crippen LogP contribution in [0.15, 0.2) is 0 Å². The fourth-order valence-electron chi connectivity index (χ4n) is 2.96. The third kappa shape index (κ3) is 4.57. The summed E-state index contributed by atoms with van der Waals surface area (Å²) in [6, 6.07) is 1.28. The summed E-state index contributed by atoms with van der Waals surface area (Å²) in [6.45, 7) is 6.11. The monoisotopic (exact) mass is 241 g/mol. The molecule has 1 aliphatic heterocycles. The molecule has 0 bridgehead atoms. The largest absolute Gasteiger partial charge is 0.380 e. The van der Waals surface area contributed by atoms with Crippen LogP contribution in [-0.2, 0) is 9.47 Å². The predicted octanol–water partition coefficient (Wildman–Crippen LogP) is 2.49. The molecule has 0 amide bonds. The van der Waals surface area contributed by atoms with Gasteiger partial charge in [0.15, 0.2) is 0 Å². The third-order valence-corrected chi connectivity index (χ3v) is 3.77. The lowest BCUT2D eigenvalue weighted by molar-refractivity contribution is -0.0186. The highest BCUT2D eigenvalue weighted by Crippen LogP contribution is 2.23. The number of rotatable bonds is 4. The van der Waals surface area contributed by atoms with E-state index in [1.54, 1.807) is 0 Å². The van der Waals surface area contributed by atoms with Gasteiger partial charge >= 0.3 is 0 Å². The molecule has 1 heterocycles. The summed E-state index contributed by atoms with van der Waals surface area (Å²) in [5.41, 5.74) is 0. The zero-order valence-corrected chi connectivity index (χ0v) is 11.3. The Balaban J connectivity index is 1.64. The first-order valence-corrected chi connectivity index (χ1v) is 7.23. The number of hydrogen-bond acceptors (Lipinski definition) is 3. The molecule has 0 aromatic carbocycles. The van der Waals surface area contributed by atoms with Gasteiger partial charge in [-0.2, -0.15) is 0 Å². The van der Waals surface area contributed by atoms with Crippen molar-refractivity contribution in [1.29, 1.82) is 0 Å². The highest BCUT2D eigenvalue weighted by Gasteiger charge is 2.24. The first-order valence-electron chi connectivity index (χ1n) is 7.23. The fraction of sp³-hybridized carbons (Fsp3) is 1.00. The van der Waals surface area contributed by atoms with Crippen LogP contribution in [0.3, 0.4) is 0 Å². The van der Waals surface area contributed by atoms with Crippen LogP contribution in [0.4, 0.5) is 0 Å². The molecule has 1 N–H and O–H groups in total. The van der Waals surface area contributed by atoms with Gasteiger partial charge in [0.1, 0.15) is 0 Å². The number of nitrogens with one attached hydrogen (secondary N) is 1. The Hall–Kier alpha value is -0.120. The van der Waals surface area contributed by atoms with Crippen molar-refractivity contribution in [3.05, 3.63) is 0 Å². The molecule has 2 rings (SSSR count).